The molecule has 0 saturated carbocycles. The van der Waals surface area contributed by atoms with E-state index in [1.165, 1.54) is 63.9 Å². The van der Waals surface area contributed by atoms with E-state index < -0.39 is 220 Å². The van der Waals surface area contributed by atoms with Gasteiger partial charge < -0.3 is 132 Å². The minimum atomic E-state index is -1.76. The smallest absolute Gasteiger partial charge is 0.246 e. The lowest BCUT2D eigenvalue weighted by atomic mass is 10.0. The fraction of sp³-hybridized carbons (Fsp3) is 0.624. The topological polar surface area (TPSA) is 731 Å². The Morgan fingerprint density at radius 2 is 1.21 bits per heavy atom. The molecule has 47 heteroatoms. The average Bonchev–Trinajstić information content (AvgIpc) is 1.66. The van der Waals surface area contributed by atoms with Gasteiger partial charge in [0.2, 0.25) is 94.5 Å². The second-order valence-electron chi connectivity index (χ2n) is 35.2. The van der Waals surface area contributed by atoms with Crippen LogP contribution in [0.4, 0.5) is 0 Å². The van der Waals surface area contributed by atoms with E-state index in [1.807, 2.05) is 12.1 Å². The third kappa shape index (κ3) is 43.1. The van der Waals surface area contributed by atoms with Crippen molar-refractivity contribution in [2.24, 2.45) is 22.9 Å². The van der Waals surface area contributed by atoms with Crippen molar-refractivity contribution in [3.05, 3.63) is 96.0 Å². The van der Waals surface area contributed by atoms with E-state index in [0.717, 1.165) is 60.2 Å². The molecule has 2 fully saturated rings. The number of nitrogens with one attached hydrogen (secondary N) is 18. The number of guanidine groups is 1. The molecule has 0 unspecified atom stereocenters. The van der Waals surface area contributed by atoms with E-state index in [-0.39, 0.29) is 141 Å². The van der Waals surface area contributed by atoms with Crippen molar-refractivity contribution in [2.45, 2.75) is 298 Å². The maximum absolute atomic E-state index is 15.4. The lowest BCUT2D eigenvalue weighted by Crippen LogP contribution is -2.61. The minimum Gasteiger partial charge on any atom is -0.394 e. The lowest BCUT2D eigenvalue weighted by molar-refractivity contribution is -0.143. The summed E-state index contributed by atoms with van der Waals surface area (Å²) in [6, 6.07) is -1.45. The molecule has 16 amide bonds. The molecule has 7 rings (SSSR count). The number of aryl methyl sites for hydroxylation is 1. The van der Waals surface area contributed by atoms with Gasteiger partial charge in [-0.05, 0) is 118 Å². The fourth-order valence-corrected chi connectivity index (χ4v) is 16.2. The average molecular weight is 1960 g/mol. The number of nitrogens with two attached hydrogens (primary N) is 4. The van der Waals surface area contributed by atoms with Crippen molar-refractivity contribution in [3.8, 4) is 0 Å². The van der Waals surface area contributed by atoms with Gasteiger partial charge >= 0.3 is 0 Å². The summed E-state index contributed by atoms with van der Waals surface area (Å²) in [6.07, 6.45) is 17.5. The number of carbonyl (C=O) groups is 16. The van der Waals surface area contributed by atoms with Crippen LogP contribution in [0.25, 0.3) is 10.9 Å². The highest BCUT2D eigenvalue weighted by Crippen LogP contribution is 2.25. The number of tetrazole rings is 1. The van der Waals surface area contributed by atoms with Crippen LogP contribution < -0.4 is 97.4 Å². The van der Waals surface area contributed by atoms with Crippen molar-refractivity contribution in [1.29, 1.82) is 5.41 Å². The van der Waals surface area contributed by atoms with Gasteiger partial charge in [-0.3, -0.25) is 82.1 Å². The highest BCUT2D eigenvalue weighted by molar-refractivity contribution is 6.01. The number of aromatic amines is 3. The van der Waals surface area contributed by atoms with Crippen molar-refractivity contribution in [1.82, 2.24) is 115 Å². The first-order valence-corrected chi connectivity index (χ1v) is 48.8. The Labute approximate surface area is 813 Å². The second kappa shape index (κ2) is 64.2. The van der Waals surface area contributed by atoms with E-state index in [1.54, 1.807) is 55.6 Å². The van der Waals surface area contributed by atoms with Crippen molar-refractivity contribution < 1.29 is 96.4 Å². The molecule has 2 saturated heterocycles. The molecule has 2 aliphatic heterocycles. The normalized spacial score (nSPS) is 18.6. The Morgan fingerprint density at radius 1 is 0.593 bits per heavy atom. The Balaban J connectivity index is 0.974. The molecular weight excluding hydrogens is 1820 g/mol. The molecule has 12 atom stereocenters. The molecule has 140 heavy (non-hydrogen) atoms. The number of nitrogens with zero attached hydrogens (tertiary/aromatic N) is 5. The van der Waals surface area contributed by atoms with Gasteiger partial charge in [-0.1, -0.05) is 139 Å². The molecule has 0 radical (unpaired) electrons. The van der Waals surface area contributed by atoms with Crippen LogP contribution in [-0.4, -0.2) is 296 Å². The quantitative estimate of drug-likeness (QED) is 0.0110. The number of para-hydroxylation sites is 1. The van der Waals surface area contributed by atoms with Gasteiger partial charge in [-0.25, -0.2) is 10.1 Å². The molecule has 0 aliphatic carbocycles. The molecule has 0 spiro atoms. The number of unbranched alkanes of at least 4 members (excludes halogenated alkanes) is 14. The van der Waals surface area contributed by atoms with E-state index in [0.29, 0.717) is 30.4 Å². The van der Waals surface area contributed by atoms with Crippen LogP contribution in [0, 0.1) is 5.41 Å². The number of ether oxygens (including phenoxy) is 2. The first-order chi connectivity index (χ1) is 67.5. The number of hydrogen-bond donors (Lipinski definition) is 24. The van der Waals surface area contributed by atoms with E-state index in [4.69, 9.17) is 37.8 Å². The van der Waals surface area contributed by atoms with Crippen LogP contribution in [0.15, 0.2) is 73.3 Å². The largest absolute Gasteiger partial charge is 0.394 e. The van der Waals surface area contributed by atoms with Gasteiger partial charge in [0, 0.05) is 101 Å². The molecule has 47 nitrogen and oxygen atoms in total. The van der Waals surface area contributed by atoms with E-state index in [9.17, 15) is 67.7 Å². The Hall–Kier alpha value is -13.2. The van der Waals surface area contributed by atoms with Crippen molar-refractivity contribution >= 4 is 111 Å². The Morgan fingerprint density at radius 3 is 1.88 bits per heavy atom. The van der Waals surface area contributed by atoms with Gasteiger partial charge in [0.15, 0.2) is 5.96 Å². The maximum atomic E-state index is 15.4. The summed E-state index contributed by atoms with van der Waals surface area (Å²) in [4.78, 5) is 237. The minimum absolute atomic E-state index is 0.0101. The van der Waals surface area contributed by atoms with Crippen molar-refractivity contribution in [3.63, 3.8) is 0 Å². The summed E-state index contributed by atoms with van der Waals surface area (Å²) in [5, 5.41) is 81.0. The zero-order valence-electron chi connectivity index (χ0n) is 80.0. The fourth-order valence-electron chi connectivity index (χ4n) is 16.2. The summed E-state index contributed by atoms with van der Waals surface area (Å²) >= 11 is 0. The number of fused-ring (bicyclic) bond motifs is 2. The van der Waals surface area contributed by atoms with Gasteiger partial charge in [-0.15, -0.1) is 5.10 Å². The number of H-pyrrole nitrogens is 3. The zero-order chi connectivity index (χ0) is 101. The predicted octanol–water partition coefficient (Wildman–Crippen LogP) is -2.38. The van der Waals surface area contributed by atoms with Crippen LogP contribution in [0.1, 0.15) is 222 Å². The Bertz CT molecular complexity index is 4720. The zero-order valence-corrected chi connectivity index (χ0v) is 80.0. The molecule has 772 valence electrons. The number of rotatable bonds is 59. The number of carbonyl (C=O) groups excluding carboxylic acids is 16. The summed E-state index contributed by atoms with van der Waals surface area (Å²) in [6.45, 7) is -0.195. The number of aliphatic hydroxyl groups is 2. The summed E-state index contributed by atoms with van der Waals surface area (Å²) < 4.78 is 10.9. The number of imidazole rings is 1. The predicted molar refractivity (Wildman–Crippen MR) is 512 cm³/mol. The van der Waals surface area contributed by atoms with Crippen molar-refractivity contribution in [2.75, 3.05) is 72.3 Å². The molecule has 5 aromatic rings. The highest BCUT2D eigenvalue weighted by Gasteiger charge is 2.44. The highest BCUT2D eigenvalue weighted by atomic mass is 16.5. The molecule has 2 aromatic carbocycles. The van der Waals surface area contributed by atoms with Gasteiger partial charge in [-0.2, -0.15) is 0 Å². The maximum Gasteiger partial charge on any atom is 0.246 e. The monoisotopic (exact) mass is 1960 g/mol. The number of primary amides is 2. The summed E-state index contributed by atoms with van der Waals surface area (Å²) in [5.41, 5.74) is 25.0. The number of benzene rings is 2. The number of hydrogen-bond acceptors (Lipinski definition) is 26. The van der Waals surface area contributed by atoms with Crippen LogP contribution in [0.5, 0.6) is 0 Å². The SMILES string of the molecule is CCCC[C@H](NC(=O)[C@H](CCCCN)NC(=O)[C@H](Cc1c[nH]cn1)NC(=O)[C@H](CCC(N)=O)NC(=O)[C@H](CO)NC(=O)CNC(=O)COCCOCCNC(=O)CCCCCCCCCCCCCCCc1nnn[nH]1)C(=O)N[C@H]1CCC(=O)NCCCC[C@@H](C(N)=O)NC(=O)[C@H](Cc2c[nH]c3ccccc23)NC(=O)[C@H](CCCNC(=N)N)NC(=O)[C@@H](Cc2ccccc2)NC(=O)[C@@H]2C[C@@H](O)CN2C1=O. The Kier molecular flexibility index (Phi) is 52.2. The van der Waals surface area contributed by atoms with Gasteiger partial charge in [0.1, 0.15) is 78.9 Å². The van der Waals surface area contributed by atoms with E-state index in [2.05, 4.69) is 110 Å². The standard InChI is InChI=1S/C93H145N27O20/c1-2-3-30-66(84(130)112-70-38-40-79(125)100-42-25-23-32-65(82(96)128)107-88(134)72(49-60-52-103-64-31-21-20-29-63(60)64)113-85(131)68(34-26-43-102-93(97)98)110-87(133)71(48-59-27-16-15-17-28-59)115-91(137)75-51-62(122)55-120(75)92(70)138)108-83(129)67(33-22-24-41-94)109-89(135)73(50-61-53-99-58-105-61)114-86(132)69(37-39-76(95)123)111-90(136)74(56-121)106-80(126)54-104-81(127)57-140-47-46-139-45-44-101-78(124)36-19-14-12-10-8-6-4-5-7-9-11-13-18-35-77-116-118-119-117-77/h15-17,20-21,27-29,31,52-53,58,62,65-75,103,121-122H,2-14,18-19,22-26,30,32-51,54-57,94H2,1H3,(H2,95,123)(H2,96,128)(H,99,105)(H,100,125)(H,101,124)(H,104,127)(H,106,126)(H,107,134)(H,108,129)(H,109,135)(H,110,133)(H,111,136)(H,112,130)(H,113,131)(H,114,132)(H,115,137)(H4,97,98,102)(H,116,117,118,119)/t62-,65+,66+,67+,68+,69+,70+,71-,72+,73+,74+,75+/m1/s1. The first-order valence-electron chi connectivity index (χ1n) is 48.8. The third-order valence-corrected chi connectivity index (χ3v) is 23.9. The van der Waals surface area contributed by atoms with Crippen LogP contribution in [0.2, 0.25) is 0 Å². The van der Waals surface area contributed by atoms with Gasteiger partial charge in [0.05, 0.1) is 51.1 Å². The lowest BCUT2D eigenvalue weighted by Gasteiger charge is -2.31. The third-order valence-electron chi connectivity index (χ3n) is 23.9. The molecule has 2 aliphatic rings. The summed E-state index contributed by atoms with van der Waals surface area (Å²) in [5.74, 6) is -13.5. The molecular formula is C93H145N27O20. The van der Waals surface area contributed by atoms with Crippen LogP contribution in [0.3, 0.4) is 0 Å². The number of amides is 16. The van der Waals surface area contributed by atoms with E-state index >= 15 is 19.2 Å². The van der Waals surface area contributed by atoms with Gasteiger partial charge in [0.25, 0.3) is 0 Å². The van der Waals surface area contributed by atoms with Crippen LogP contribution >= 0.6 is 0 Å². The van der Waals surface area contributed by atoms with Crippen LogP contribution in [-0.2, 0) is 112 Å². The second-order valence-corrected chi connectivity index (χ2v) is 35.2. The number of aliphatic hydroxyl groups excluding tert-OH is 2. The molecule has 3 aromatic heterocycles. The molecule has 28 N–H and O–H groups in total. The summed E-state index contributed by atoms with van der Waals surface area (Å²) in [7, 11) is 0. The molecule has 0 bridgehead atoms. The molecule has 5 heterocycles. The number of aromatic nitrogens is 7. The first kappa shape index (κ1) is 114.